The lowest BCUT2D eigenvalue weighted by molar-refractivity contribution is -0.151. The smallest absolute Gasteiger partial charge is 0.320 e. The summed E-state index contributed by atoms with van der Waals surface area (Å²) in [7, 11) is 2.04. The molecule has 1 aliphatic rings. The summed E-state index contributed by atoms with van der Waals surface area (Å²) in [5.41, 5.74) is 0. The van der Waals surface area contributed by atoms with E-state index in [4.69, 9.17) is 23.7 Å². The van der Waals surface area contributed by atoms with Gasteiger partial charge < -0.3 is 38.8 Å². The van der Waals surface area contributed by atoms with Gasteiger partial charge in [-0.1, -0.05) is 302 Å². The number of hydrogen-bond donors (Lipinski definition) is 1. The molecule has 1 amide bonds. The number of likely N-dealkylation sites (N-methyl/N-ethyl adjacent to an activating group) is 1. The zero-order valence-electron chi connectivity index (χ0n) is 78.5. The van der Waals surface area contributed by atoms with Crippen LogP contribution in [-0.2, 0) is 52.5 Å². The minimum absolute atomic E-state index is 0.000657. The van der Waals surface area contributed by atoms with Crippen LogP contribution in [0.3, 0.4) is 0 Å². The van der Waals surface area contributed by atoms with Gasteiger partial charge in [0.15, 0.2) is 0 Å². The highest BCUT2D eigenvalue weighted by atomic mass is 16.6. The zero-order valence-corrected chi connectivity index (χ0v) is 78.5. The summed E-state index contributed by atoms with van der Waals surface area (Å²) < 4.78 is 29.6. The molecule has 678 valence electrons. The summed E-state index contributed by atoms with van der Waals surface area (Å²) in [6.45, 7) is 38.7. The van der Waals surface area contributed by atoms with Crippen LogP contribution in [0.2, 0.25) is 0 Å². The van der Waals surface area contributed by atoms with E-state index in [1.165, 1.54) is 122 Å². The molecule has 1 saturated heterocycles. The van der Waals surface area contributed by atoms with Crippen molar-refractivity contribution >= 4 is 35.8 Å². The fourth-order valence-corrected chi connectivity index (χ4v) is 17.1. The Kier molecular flexibility index (Phi) is 73.3. The molecule has 1 heterocycles. The molecule has 1 N–H and O–H groups in total. The Morgan fingerprint density at radius 2 is 0.791 bits per heavy atom. The summed E-state index contributed by atoms with van der Waals surface area (Å²) in [5.74, 6) is 4.23. The van der Waals surface area contributed by atoms with Gasteiger partial charge in [-0.15, -0.1) is 0 Å². The van der Waals surface area contributed by atoms with Crippen molar-refractivity contribution in [2.45, 2.75) is 468 Å². The molecule has 1 fully saturated rings. The van der Waals surface area contributed by atoms with E-state index in [1.807, 2.05) is 7.05 Å². The average molecular weight is 1630 g/mol. The molecule has 0 spiro atoms. The number of ether oxygens (including phenoxy) is 5. The number of hydrogen-bond acceptors (Lipinski definition) is 14. The standard InChI is InChI=1S/C100H192N4O11/c1-15-21-56-89(57-22-16-2)79-98(108)111-75-54-44-36-26-24-30-38-46-59-93(101-95(105)69-72-103(19-5)20-6)60-47-39-31-25-27-37-45-55-76-112-99(109)80-90(58-23-17-3)78-88(18-4)77-87(13)92(68-66-85(9)10)83-114-97(107)64-51-43-35-29-33-41-49-62-94(115-100(110)81-102(14)73-74-104-70-52-53-71-104)61-48-40-32-28-34-42-50-63-96(106)113-82-91(86(11)12)67-65-84(7)8/h84-94H,15-83H2,1-14H3,(H,101,105). The molecular formula is C100H192N4O11. The second-order valence-corrected chi connectivity index (χ2v) is 37.5. The molecule has 15 heteroatoms. The average Bonchev–Trinajstić information content (AvgIpc) is 1.71. The van der Waals surface area contributed by atoms with Crippen molar-refractivity contribution in [3.05, 3.63) is 0 Å². The fourth-order valence-electron chi connectivity index (χ4n) is 17.1. The van der Waals surface area contributed by atoms with Gasteiger partial charge in [-0.05, 0) is 208 Å². The van der Waals surface area contributed by atoms with Gasteiger partial charge in [0.2, 0.25) is 5.91 Å². The van der Waals surface area contributed by atoms with E-state index in [1.54, 1.807) is 0 Å². The Hall–Kier alpha value is -3.30. The Labute approximate surface area is 711 Å². The van der Waals surface area contributed by atoms with Crippen LogP contribution in [-0.4, -0.2) is 148 Å². The number of esters is 5. The van der Waals surface area contributed by atoms with Crippen LogP contribution >= 0.6 is 0 Å². The molecular weight excluding hydrogens is 1430 g/mol. The molecule has 0 aliphatic carbocycles. The third-order valence-corrected chi connectivity index (χ3v) is 25.5. The Balaban J connectivity index is 2.50. The molecule has 0 bridgehead atoms. The summed E-state index contributed by atoms with van der Waals surface area (Å²) in [5, 5.41) is 3.45. The van der Waals surface area contributed by atoms with Crippen molar-refractivity contribution in [2.75, 3.05) is 85.8 Å². The lowest BCUT2D eigenvalue weighted by Crippen LogP contribution is -2.37. The molecule has 0 aromatic rings. The van der Waals surface area contributed by atoms with Gasteiger partial charge in [-0.3, -0.25) is 33.7 Å². The van der Waals surface area contributed by atoms with Crippen molar-refractivity contribution in [3.63, 3.8) is 0 Å². The maximum absolute atomic E-state index is 13.4. The van der Waals surface area contributed by atoms with Gasteiger partial charge in [-0.25, -0.2) is 0 Å². The van der Waals surface area contributed by atoms with E-state index in [0.717, 1.165) is 258 Å². The first-order valence-corrected chi connectivity index (χ1v) is 49.9. The fraction of sp³-hybridized carbons (Fsp3) is 0.940. The van der Waals surface area contributed by atoms with Crippen molar-refractivity contribution in [1.82, 2.24) is 20.0 Å². The highest BCUT2D eigenvalue weighted by Gasteiger charge is 2.27. The van der Waals surface area contributed by atoms with Crippen LogP contribution in [0.4, 0.5) is 0 Å². The molecule has 0 aromatic heterocycles. The van der Waals surface area contributed by atoms with Crippen LogP contribution in [0, 0.1) is 53.3 Å². The molecule has 1 rings (SSSR count). The van der Waals surface area contributed by atoms with Crippen LogP contribution < -0.4 is 5.32 Å². The summed E-state index contributed by atoms with van der Waals surface area (Å²) >= 11 is 0. The number of carbonyl (C=O) groups excluding carboxylic acids is 6. The van der Waals surface area contributed by atoms with Gasteiger partial charge >= 0.3 is 29.8 Å². The van der Waals surface area contributed by atoms with Crippen molar-refractivity contribution in [1.29, 1.82) is 0 Å². The van der Waals surface area contributed by atoms with E-state index in [2.05, 4.69) is 110 Å². The quantitative estimate of drug-likeness (QED) is 0.0346. The van der Waals surface area contributed by atoms with E-state index >= 15 is 0 Å². The third kappa shape index (κ3) is 67.0. The van der Waals surface area contributed by atoms with Crippen LogP contribution in [0.1, 0.15) is 456 Å². The number of amides is 1. The highest BCUT2D eigenvalue weighted by Crippen LogP contribution is 2.34. The Morgan fingerprint density at radius 3 is 1.23 bits per heavy atom. The molecule has 115 heavy (non-hydrogen) atoms. The first kappa shape index (κ1) is 110. The van der Waals surface area contributed by atoms with Gasteiger partial charge in [0.25, 0.3) is 0 Å². The van der Waals surface area contributed by atoms with E-state index in [-0.39, 0.29) is 47.9 Å². The van der Waals surface area contributed by atoms with Crippen molar-refractivity contribution in [2.24, 2.45) is 53.3 Å². The number of nitrogens with one attached hydrogen (secondary N) is 1. The largest absolute Gasteiger partial charge is 0.466 e. The SMILES string of the molecule is CCCCC(CCCC)CC(=O)OCCCCCCCCCCC(CCCCCCCCCCOC(=O)CC(CCCC)CC(CC)CC(C)C(CCC(C)C)COC(=O)CCCCCCCCCC(CCCCCCCCCC(=O)OCC(CCC(C)C)C(C)C)OC(=O)CN(C)CCN1CCCC1)NC(=O)CCN(CC)CC. The van der Waals surface area contributed by atoms with Crippen molar-refractivity contribution < 1.29 is 52.5 Å². The molecule has 7 unspecified atom stereocenters. The minimum atomic E-state index is -0.0990. The van der Waals surface area contributed by atoms with Crippen LogP contribution in [0.25, 0.3) is 0 Å². The monoisotopic (exact) mass is 1630 g/mol. The molecule has 0 radical (unpaired) electrons. The summed E-state index contributed by atoms with van der Waals surface area (Å²) in [6.07, 6.45) is 60.8. The molecule has 15 nitrogen and oxygen atoms in total. The van der Waals surface area contributed by atoms with Crippen LogP contribution in [0.5, 0.6) is 0 Å². The van der Waals surface area contributed by atoms with Crippen molar-refractivity contribution in [3.8, 4) is 0 Å². The minimum Gasteiger partial charge on any atom is -0.466 e. The molecule has 1 aliphatic heterocycles. The molecule has 0 aromatic carbocycles. The summed E-state index contributed by atoms with van der Waals surface area (Å²) in [4.78, 5) is 85.1. The predicted octanol–water partition coefficient (Wildman–Crippen LogP) is 26.1. The lowest BCUT2D eigenvalue weighted by Gasteiger charge is -2.29. The van der Waals surface area contributed by atoms with E-state index in [9.17, 15) is 28.8 Å². The van der Waals surface area contributed by atoms with Gasteiger partial charge in [0, 0.05) is 57.8 Å². The number of likely N-dealkylation sites (tertiary alicyclic amines) is 1. The zero-order chi connectivity index (χ0) is 84.6. The topological polar surface area (TPSA) is 170 Å². The number of rotatable bonds is 84. The highest BCUT2D eigenvalue weighted by molar-refractivity contribution is 5.76. The number of carbonyl (C=O) groups is 6. The second-order valence-electron chi connectivity index (χ2n) is 37.5. The molecule has 7 atom stereocenters. The Bertz CT molecular complexity index is 2250. The molecule has 0 saturated carbocycles. The number of nitrogens with zero attached hydrogens (tertiary/aromatic N) is 3. The second kappa shape index (κ2) is 76.8. The van der Waals surface area contributed by atoms with E-state index < -0.39 is 0 Å². The van der Waals surface area contributed by atoms with Gasteiger partial charge in [-0.2, -0.15) is 0 Å². The van der Waals surface area contributed by atoms with Crippen LogP contribution in [0.15, 0.2) is 0 Å². The normalized spacial score (nSPS) is 14.6. The van der Waals surface area contributed by atoms with Gasteiger partial charge in [0.1, 0.15) is 6.10 Å². The van der Waals surface area contributed by atoms with Gasteiger partial charge in [0.05, 0.1) is 33.0 Å². The first-order chi connectivity index (χ1) is 55.6. The lowest BCUT2D eigenvalue weighted by atomic mass is 9.78. The Morgan fingerprint density at radius 1 is 0.383 bits per heavy atom. The maximum atomic E-state index is 13.4. The summed E-state index contributed by atoms with van der Waals surface area (Å²) in [6, 6.07) is 0.256. The third-order valence-electron chi connectivity index (χ3n) is 25.5. The number of unbranched alkanes of at least 4 members (excludes halogenated alkanes) is 29. The predicted molar refractivity (Wildman–Crippen MR) is 484 cm³/mol. The maximum Gasteiger partial charge on any atom is 0.320 e. The first-order valence-electron chi connectivity index (χ1n) is 49.9. The van der Waals surface area contributed by atoms with E-state index in [0.29, 0.717) is 118 Å².